The number of benzene rings is 2. The molecule has 2 aromatic carbocycles. The van der Waals surface area contributed by atoms with Crippen molar-refractivity contribution < 1.29 is 9.21 Å². The highest BCUT2D eigenvalue weighted by atomic mass is 16.3. The number of rotatable bonds is 6. The van der Waals surface area contributed by atoms with Crippen molar-refractivity contribution in [1.82, 2.24) is 19.7 Å². The first-order valence-electron chi connectivity index (χ1n) is 11.1. The summed E-state index contributed by atoms with van der Waals surface area (Å²) in [5, 5.41) is 15.7. The average Bonchev–Trinajstić information content (AvgIpc) is 3.33. The zero-order chi connectivity index (χ0) is 23.1. The highest BCUT2D eigenvalue weighted by molar-refractivity contribution is 5.95. The third kappa shape index (κ3) is 3.63. The normalized spacial score (nSPS) is 13.1. The molecule has 8 nitrogen and oxygen atoms in total. The fraction of sp³-hybridized carbons (Fsp3) is 0.154. The molecule has 1 aliphatic carbocycles. The summed E-state index contributed by atoms with van der Waals surface area (Å²) in [6.07, 6.45) is 5.53. The van der Waals surface area contributed by atoms with Crippen LogP contribution in [-0.4, -0.2) is 26.3 Å². The molecule has 34 heavy (non-hydrogen) atoms. The van der Waals surface area contributed by atoms with Gasteiger partial charge in [-0.1, -0.05) is 12.1 Å². The van der Waals surface area contributed by atoms with E-state index in [1.807, 2.05) is 46.9 Å². The van der Waals surface area contributed by atoms with Gasteiger partial charge in [0.2, 0.25) is 0 Å². The monoisotopic (exact) mass is 448 g/mol. The van der Waals surface area contributed by atoms with Crippen molar-refractivity contribution in [1.29, 1.82) is 5.26 Å². The minimum atomic E-state index is -0.0460. The third-order valence-electron chi connectivity index (χ3n) is 5.92. The predicted molar refractivity (Wildman–Crippen MR) is 127 cm³/mol. The SMILES string of the molecule is N#Cc1ccc2c(c1)nc(NCc1ccco1)c1ncc(-c3ccc(C(=O)NC4CC4)cc3)n12. The molecule has 1 fully saturated rings. The summed E-state index contributed by atoms with van der Waals surface area (Å²) in [6, 6.07) is 19.2. The quantitative estimate of drug-likeness (QED) is 0.395. The molecule has 6 rings (SSSR count). The Morgan fingerprint density at radius 1 is 1.18 bits per heavy atom. The van der Waals surface area contributed by atoms with Gasteiger partial charge in [-0.3, -0.25) is 9.20 Å². The largest absolute Gasteiger partial charge is 0.467 e. The Balaban J connectivity index is 1.44. The molecule has 3 heterocycles. The highest BCUT2D eigenvalue weighted by Crippen LogP contribution is 2.29. The number of hydrogen-bond donors (Lipinski definition) is 2. The standard InChI is InChI=1S/C26H20N6O2/c27-13-16-3-10-22-21(12-16)31-24(28-14-20-2-1-11-34-20)25-29-15-23(32(22)25)17-4-6-18(7-5-17)26(33)30-19-8-9-19/h1-7,10-12,15,19H,8-9,14H2,(H,28,31)(H,30,33). The Morgan fingerprint density at radius 2 is 2.03 bits per heavy atom. The maximum atomic E-state index is 12.4. The Bertz CT molecular complexity index is 1560. The van der Waals surface area contributed by atoms with E-state index < -0.39 is 0 Å². The Kier molecular flexibility index (Phi) is 4.73. The van der Waals surface area contributed by atoms with Gasteiger partial charge in [-0.15, -0.1) is 0 Å². The minimum absolute atomic E-state index is 0.0460. The molecule has 0 saturated heterocycles. The van der Waals surface area contributed by atoms with Crippen LogP contribution in [0.1, 0.15) is 34.5 Å². The molecule has 8 heteroatoms. The molecule has 166 valence electrons. The number of fused-ring (bicyclic) bond motifs is 3. The number of carbonyl (C=O) groups is 1. The molecular weight excluding hydrogens is 428 g/mol. The average molecular weight is 448 g/mol. The van der Waals surface area contributed by atoms with Gasteiger partial charge in [0, 0.05) is 17.2 Å². The van der Waals surface area contributed by atoms with Gasteiger partial charge in [0.1, 0.15) is 5.76 Å². The molecule has 1 aliphatic rings. The lowest BCUT2D eigenvalue weighted by atomic mass is 10.1. The Hall–Kier alpha value is -4.64. The first-order chi connectivity index (χ1) is 16.7. The fourth-order valence-corrected chi connectivity index (χ4v) is 4.00. The first-order valence-corrected chi connectivity index (χ1v) is 11.1. The number of hydrogen-bond acceptors (Lipinski definition) is 6. The van der Waals surface area contributed by atoms with Crippen molar-refractivity contribution >= 4 is 28.4 Å². The van der Waals surface area contributed by atoms with E-state index in [9.17, 15) is 10.1 Å². The van der Waals surface area contributed by atoms with Crippen LogP contribution in [0.15, 0.2) is 71.5 Å². The number of nitrogens with one attached hydrogen (secondary N) is 2. The lowest BCUT2D eigenvalue weighted by molar-refractivity contribution is 0.0951. The number of anilines is 1. The van der Waals surface area contributed by atoms with Crippen molar-refractivity contribution in [2.45, 2.75) is 25.4 Å². The van der Waals surface area contributed by atoms with Crippen molar-refractivity contribution in [2.75, 3.05) is 5.32 Å². The van der Waals surface area contributed by atoms with E-state index in [-0.39, 0.29) is 5.91 Å². The molecule has 1 saturated carbocycles. The maximum Gasteiger partial charge on any atom is 0.251 e. The van der Waals surface area contributed by atoms with Crippen LogP contribution < -0.4 is 10.6 Å². The second-order valence-electron chi connectivity index (χ2n) is 8.34. The van der Waals surface area contributed by atoms with E-state index >= 15 is 0 Å². The topological polar surface area (TPSA) is 108 Å². The summed E-state index contributed by atoms with van der Waals surface area (Å²) in [7, 11) is 0. The fourth-order valence-electron chi connectivity index (χ4n) is 4.00. The van der Waals surface area contributed by atoms with Crippen LogP contribution in [0.5, 0.6) is 0 Å². The maximum absolute atomic E-state index is 12.4. The summed E-state index contributed by atoms with van der Waals surface area (Å²) in [6.45, 7) is 0.450. The summed E-state index contributed by atoms with van der Waals surface area (Å²) < 4.78 is 7.45. The van der Waals surface area contributed by atoms with Gasteiger partial charge in [-0.25, -0.2) is 9.97 Å². The van der Waals surface area contributed by atoms with Gasteiger partial charge in [0.05, 0.1) is 47.4 Å². The van der Waals surface area contributed by atoms with E-state index in [0.29, 0.717) is 40.7 Å². The third-order valence-corrected chi connectivity index (χ3v) is 5.92. The molecule has 0 aliphatic heterocycles. The molecule has 0 bridgehead atoms. The lowest BCUT2D eigenvalue weighted by Gasteiger charge is -2.11. The number of aromatic nitrogens is 3. The van der Waals surface area contributed by atoms with Gasteiger partial charge in [-0.2, -0.15) is 5.26 Å². The van der Waals surface area contributed by atoms with Crippen LogP contribution in [0.4, 0.5) is 5.82 Å². The first kappa shape index (κ1) is 20.0. The molecular formula is C26H20N6O2. The summed E-state index contributed by atoms with van der Waals surface area (Å²) in [5.74, 6) is 1.32. The summed E-state index contributed by atoms with van der Waals surface area (Å²) in [5.41, 5.74) is 5.12. The number of carbonyl (C=O) groups excluding carboxylic acids is 1. The van der Waals surface area contributed by atoms with Crippen LogP contribution in [-0.2, 0) is 6.54 Å². The van der Waals surface area contributed by atoms with E-state index in [1.54, 1.807) is 24.6 Å². The molecule has 0 radical (unpaired) electrons. The number of amides is 1. The molecule has 0 unspecified atom stereocenters. The lowest BCUT2D eigenvalue weighted by Crippen LogP contribution is -2.25. The number of nitrogens with zero attached hydrogens (tertiary/aromatic N) is 4. The van der Waals surface area contributed by atoms with Crippen molar-refractivity contribution in [3.05, 3.63) is 83.9 Å². The van der Waals surface area contributed by atoms with Gasteiger partial charge < -0.3 is 15.1 Å². The van der Waals surface area contributed by atoms with E-state index in [0.717, 1.165) is 35.4 Å². The molecule has 3 aromatic heterocycles. The van der Waals surface area contributed by atoms with Crippen LogP contribution >= 0.6 is 0 Å². The molecule has 0 atom stereocenters. The zero-order valence-electron chi connectivity index (χ0n) is 18.2. The smallest absolute Gasteiger partial charge is 0.251 e. The van der Waals surface area contributed by atoms with Crippen LogP contribution in [0.2, 0.25) is 0 Å². The van der Waals surface area contributed by atoms with Gasteiger partial charge in [0.25, 0.3) is 5.91 Å². The Morgan fingerprint density at radius 3 is 2.76 bits per heavy atom. The molecule has 5 aromatic rings. The van der Waals surface area contributed by atoms with Crippen molar-refractivity contribution in [2.24, 2.45) is 0 Å². The number of nitriles is 1. The minimum Gasteiger partial charge on any atom is -0.467 e. The van der Waals surface area contributed by atoms with E-state index in [4.69, 9.17) is 9.40 Å². The van der Waals surface area contributed by atoms with Gasteiger partial charge >= 0.3 is 0 Å². The van der Waals surface area contributed by atoms with Gasteiger partial charge in [0.15, 0.2) is 11.5 Å². The van der Waals surface area contributed by atoms with Crippen molar-refractivity contribution in [3.8, 4) is 17.3 Å². The second kappa shape index (κ2) is 8.05. The van der Waals surface area contributed by atoms with Gasteiger partial charge in [-0.05, 0) is 55.3 Å². The van der Waals surface area contributed by atoms with Crippen LogP contribution in [0, 0.1) is 11.3 Å². The number of imidazole rings is 1. The highest BCUT2D eigenvalue weighted by Gasteiger charge is 2.24. The predicted octanol–water partition coefficient (Wildman–Crippen LogP) is 4.52. The van der Waals surface area contributed by atoms with Crippen LogP contribution in [0.25, 0.3) is 27.9 Å². The van der Waals surface area contributed by atoms with Crippen LogP contribution in [0.3, 0.4) is 0 Å². The summed E-state index contributed by atoms with van der Waals surface area (Å²) in [4.78, 5) is 21.8. The zero-order valence-corrected chi connectivity index (χ0v) is 18.2. The summed E-state index contributed by atoms with van der Waals surface area (Å²) >= 11 is 0. The number of furan rings is 1. The second-order valence-corrected chi connectivity index (χ2v) is 8.34. The molecule has 2 N–H and O–H groups in total. The Labute approximate surface area is 194 Å². The van der Waals surface area contributed by atoms with E-state index in [2.05, 4.69) is 21.7 Å². The molecule has 1 amide bonds. The van der Waals surface area contributed by atoms with Crippen molar-refractivity contribution in [3.63, 3.8) is 0 Å². The molecule has 0 spiro atoms. The van der Waals surface area contributed by atoms with E-state index in [1.165, 1.54) is 0 Å².